The monoisotopic (exact) mass is 379 g/mol. The van der Waals surface area contributed by atoms with Crippen molar-refractivity contribution in [3.05, 3.63) is 40.7 Å². The molecule has 2 N–H and O–H groups in total. The van der Waals surface area contributed by atoms with Crippen LogP contribution in [0.5, 0.6) is 0 Å². The van der Waals surface area contributed by atoms with Gasteiger partial charge in [-0.15, -0.1) is 10.2 Å². The molecule has 0 spiro atoms. The van der Waals surface area contributed by atoms with Gasteiger partial charge in [-0.05, 0) is 17.7 Å². The summed E-state index contributed by atoms with van der Waals surface area (Å²) in [6, 6.07) is 7.02. The number of thioether (sulfide) groups is 1. The highest BCUT2D eigenvalue weighted by molar-refractivity contribution is 7.99. The Hall–Kier alpha value is -1.94. The van der Waals surface area contributed by atoms with Crippen LogP contribution in [0, 0.1) is 0 Å². The smallest absolute Gasteiger partial charge is 0.341 e. The first kappa shape index (κ1) is 18.4. The maximum absolute atomic E-state index is 12.6. The number of amides is 1. The lowest BCUT2D eigenvalue weighted by Crippen LogP contribution is -2.28. The molecule has 0 fully saturated rings. The number of nitrogens with two attached hydrogens (primary N) is 1. The minimum absolute atomic E-state index is 0.121. The van der Waals surface area contributed by atoms with Crippen LogP contribution in [0.3, 0.4) is 0 Å². The van der Waals surface area contributed by atoms with E-state index in [0.717, 1.165) is 17.3 Å². The minimum atomic E-state index is -4.70. The van der Waals surface area contributed by atoms with Crippen LogP contribution in [0.15, 0.2) is 29.4 Å². The fourth-order valence-corrected chi connectivity index (χ4v) is 2.81. The predicted octanol–water partition coefficient (Wildman–Crippen LogP) is 2.41. The Kier molecular flexibility index (Phi) is 5.60. The Morgan fingerprint density at radius 3 is 2.71 bits per heavy atom. The summed E-state index contributed by atoms with van der Waals surface area (Å²) in [5, 5.41) is 6.71. The highest BCUT2D eigenvalue weighted by atomic mass is 35.5. The molecule has 0 aliphatic carbocycles. The van der Waals surface area contributed by atoms with Gasteiger partial charge in [-0.3, -0.25) is 4.79 Å². The number of carbonyl (C=O) groups excluding carboxylic acids is 1. The number of aromatic nitrogens is 3. The van der Waals surface area contributed by atoms with E-state index in [4.69, 9.17) is 17.4 Å². The molecule has 0 saturated heterocycles. The Labute approximate surface area is 144 Å². The van der Waals surface area contributed by atoms with Gasteiger partial charge in [0.2, 0.25) is 11.1 Å². The molecule has 2 aromatic rings. The molecule has 0 bridgehead atoms. The van der Waals surface area contributed by atoms with Crippen molar-refractivity contribution >= 4 is 29.3 Å². The van der Waals surface area contributed by atoms with Crippen molar-refractivity contribution in [2.24, 2.45) is 0 Å². The first-order valence-electron chi connectivity index (χ1n) is 6.57. The number of rotatable bonds is 5. The Balaban J connectivity index is 1.94. The standard InChI is InChI=1S/C13H13ClF3N5OS/c1-21(6-8-3-2-4-9(14)5-8)10(23)7-24-12-20-19-11(22(12)18)13(15,16)17/h2-5H,6-7,18H2,1H3. The second-order valence-electron chi connectivity index (χ2n) is 4.84. The van der Waals surface area contributed by atoms with Crippen molar-refractivity contribution in [1.29, 1.82) is 0 Å². The van der Waals surface area contributed by atoms with Crippen molar-refractivity contribution in [2.75, 3.05) is 18.6 Å². The van der Waals surface area contributed by atoms with E-state index in [1.54, 1.807) is 25.2 Å². The lowest BCUT2D eigenvalue weighted by Gasteiger charge is -2.17. The van der Waals surface area contributed by atoms with E-state index in [0.29, 0.717) is 16.2 Å². The van der Waals surface area contributed by atoms with E-state index < -0.39 is 12.0 Å². The molecule has 1 amide bonds. The maximum atomic E-state index is 12.6. The van der Waals surface area contributed by atoms with E-state index in [1.165, 1.54) is 4.90 Å². The highest BCUT2D eigenvalue weighted by Crippen LogP contribution is 2.28. The normalized spacial score (nSPS) is 11.5. The second-order valence-corrected chi connectivity index (χ2v) is 6.22. The minimum Gasteiger partial charge on any atom is -0.341 e. The summed E-state index contributed by atoms with van der Waals surface area (Å²) in [6.07, 6.45) is -4.70. The fraction of sp³-hybridized carbons (Fsp3) is 0.308. The Morgan fingerprint density at radius 2 is 2.12 bits per heavy atom. The van der Waals surface area contributed by atoms with Gasteiger partial charge in [0.05, 0.1) is 5.75 Å². The van der Waals surface area contributed by atoms with Gasteiger partial charge in [-0.2, -0.15) is 13.2 Å². The molecule has 6 nitrogen and oxygen atoms in total. The third kappa shape index (κ3) is 4.54. The van der Waals surface area contributed by atoms with Crippen molar-refractivity contribution in [3.63, 3.8) is 0 Å². The lowest BCUT2D eigenvalue weighted by molar-refractivity contribution is -0.146. The number of benzene rings is 1. The molecule has 130 valence electrons. The van der Waals surface area contributed by atoms with Crippen LogP contribution < -0.4 is 5.84 Å². The predicted molar refractivity (Wildman–Crippen MR) is 83.8 cm³/mol. The molecule has 11 heteroatoms. The van der Waals surface area contributed by atoms with Crippen molar-refractivity contribution < 1.29 is 18.0 Å². The van der Waals surface area contributed by atoms with E-state index in [-0.39, 0.29) is 16.8 Å². The number of nitrogens with zero attached hydrogens (tertiary/aromatic N) is 4. The lowest BCUT2D eigenvalue weighted by atomic mass is 10.2. The molecule has 0 aliphatic heterocycles. The zero-order chi connectivity index (χ0) is 17.9. The zero-order valence-electron chi connectivity index (χ0n) is 12.4. The Bertz CT molecular complexity index is 737. The molecule has 1 aromatic heterocycles. The van der Waals surface area contributed by atoms with Gasteiger partial charge >= 0.3 is 6.18 Å². The van der Waals surface area contributed by atoms with Crippen LogP contribution in [0.2, 0.25) is 5.02 Å². The van der Waals surface area contributed by atoms with Gasteiger partial charge in [-0.1, -0.05) is 35.5 Å². The Morgan fingerprint density at radius 1 is 1.42 bits per heavy atom. The molecule has 2 rings (SSSR count). The highest BCUT2D eigenvalue weighted by Gasteiger charge is 2.38. The summed E-state index contributed by atoms with van der Waals surface area (Å²) >= 11 is 6.66. The van der Waals surface area contributed by atoms with Crippen LogP contribution >= 0.6 is 23.4 Å². The maximum Gasteiger partial charge on any atom is 0.453 e. The van der Waals surface area contributed by atoms with Crippen molar-refractivity contribution in [2.45, 2.75) is 17.9 Å². The van der Waals surface area contributed by atoms with Crippen molar-refractivity contribution in [1.82, 2.24) is 19.8 Å². The molecule has 0 unspecified atom stereocenters. The summed E-state index contributed by atoms with van der Waals surface area (Å²) in [7, 11) is 1.58. The number of nitrogen functional groups attached to an aromatic ring is 1. The topological polar surface area (TPSA) is 77.0 Å². The first-order valence-corrected chi connectivity index (χ1v) is 7.93. The zero-order valence-corrected chi connectivity index (χ0v) is 14.0. The number of hydrogen-bond acceptors (Lipinski definition) is 5. The van der Waals surface area contributed by atoms with Gasteiger partial charge in [0.1, 0.15) is 0 Å². The van der Waals surface area contributed by atoms with E-state index in [1.807, 2.05) is 6.07 Å². The largest absolute Gasteiger partial charge is 0.453 e. The number of alkyl halides is 3. The van der Waals surface area contributed by atoms with E-state index >= 15 is 0 Å². The molecule has 1 heterocycles. The molecule has 0 atom stereocenters. The van der Waals surface area contributed by atoms with E-state index in [9.17, 15) is 18.0 Å². The second kappa shape index (κ2) is 7.31. The van der Waals surface area contributed by atoms with Gasteiger partial charge in [0, 0.05) is 18.6 Å². The average Bonchev–Trinajstić information content (AvgIpc) is 2.85. The van der Waals surface area contributed by atoms with Gasteiger partial charge < -0.3 is 10.7 Å². The molecule has 24 heavy (non-hydrogen) atoms. The summed E-state index contributed by atoms with van der Waals surface area (Å²) in [5.41, 5.74) is 0.838. The van der Waals surface area contributed by atoms with Crippen molar-refractivity contribution in [3.8, 4) is 0 Å². The summed E-state index contributed by atoms with van der Waals surface area (Å²) in [5.74, 6) is 3.57. The van der Waals surface area contributed by atoms with Crippen LogP contribution in [0.1, 0.15) is 11.4 Å². The van der Waals surface area contributed by atoms with E-state index in [2.05, 4.69) is 10.2 Å². The third-order valence-corrected chi connectivity index (χ3v) is 4.14. The SMILES string of the molecule is CN(Cc1cccc(Cl)c1)C(=O)CSc1nnc(C(F)(F)F)n1N. The number of carbonyl (C=O) groups is 1. The average molecular weight is 380 g/mol. The third-order valence-electron chi connectivity index (χ3n) is 2.98. The first-order chi connectivity index (χ1) is 11.2. The molecular formula is C13H13ClF3N5OS. The molecule has 0 saturated carbocycles. The molecular weight excluding hydrogens is 367 g/mol. The van der Waals surface area contributed by atoms with Gasteiger partial charge in [-0.25, -0.2) is 4.68 Å². The van der Waals surface area contributed by atoms with Crippen LogP contribution in [0.25, 0.3) is 0 Å². The van der Waals surface area contributed by atoms with Crippen LogP contribution in [-0.4, -0.2) is 38.5 Å². The summed E-state index contributed by atoms with van der Waals surface area (Å²) in [6.45, 7) is 0.322. The van der Waals surface area contributed by atoms with Crippen LogP contribution in [0.4, 0.5) is 13.2 Å². The fourth-order valence-electron chi connectivity index (χ4n) is 1.80. The summed E-state index contributed by atoms with van der Waals surface area (Å²) in [4.78, 5) is 13.5. The van der Waals surface area contributed by atoms with Crippen LogP contribution in [-0.2, 0) is 17.5 Å². The van der Waals surface area contributed by atoms with Gasteiger partial charge in [0.15, 0.2) is 0 Å². The summed E-state index contributed by atoms with van der Waals surface area (Å²) < 4.78 is 38.0. The molecule has 1 aromatic carbocycles. The quantitative estimate of drug-likeness (QED) is 0.637. The number of hydrogen-bond donors (Lipinski definition) is 1. The van der Waals surface area contributed by atoms with Gasteiger partial charge in [0.25, 0.3) is 5.82 Å². The molecule has 0 aliphatic rings. The molecule has 0 radical (unpaired) electrons. The number of halogens is 4.